The minimum absolute atomic E-state index is 0.301. The lowest BCUT2D eigenvalue weighted by molar-refractivity contribution is 0.0527. The summed E-state index contributed by atoms with van der Waals surface area (Å²) >= 11 is 0. The molecule has 3 aromatic carbocycles. The van der Waals surface area contributed by atoms with E-state index in [0.717, 1.165) is 28.2 Å². The third-order valence-corrected chi connectivity index (χ3v) is 4.87. The van der Waals surface area contributed by atoms with Crippen LogP contribution in [0.5, 0.6) is 0 Å². The highest BCUT2D eigenvalue weighted by molar-refractivity contribution is 5.99. The van der Waals surface area contributed by atoms with Gasteiger partial charge in [-0.2, -0.15) is 5.26 Å². The van der Waals surface area contributed by atoms with Gasteiger partial charge in [0.2, 0.25) is 0 Å². The molecule has 0 saturated heterocycles. The molecule has 146 valence electrons. The molecule has 0 aliphatic carbocycles. The van der Waals surface area contributed by atoms with Gasteiger partial charge in [0.05, 0.1) is 35.2 Å². The molecule has 0 fully saturated rings. The van der Waals surface area contributed by atoms with Crippen molar-refractivity contribution in [3.05, 3.63) is 102 Å². The molecule has 0 unspecified atom stereocenters. The first kappa shape index (κ1) is 19.2. The van der Waals surface area contributed by atoms with Crippen LogP contribution in [0.3, 0.4) is 0 Å². The van der Waals surface area contributed by atoms with Crippen LogP contribution in [0.2, 0.25) is 0 Å². The highest BCUT2D eigenvalue weighted by Gasteiger charge is 2.24. The third kappa shape index (κ3) is 3.61. The fourth-order valence-electron chi connectivity index (χ4n) is 3.53. The SMILES string of the molecule is CCOC(=O)c1cc(-c2ccc(C#N)cc2)n(-c2ccccc2)c1-c1ccccc1. The van der Waals surface area contributed by atoms with Crippen molar-refractivity contribution in [1.82, 2.24) is 4.57 Å². The number of rotatable bonds is 5. The highest BCUT2D eigenvalue weighted by Crippen LogP contribution is 2.36. The Morgan fingerprint density at radius 2 is 1.53 bits per heavy atom. The second-order valence-electron chi connectivity index (χ2n) is 6.74. The molecule has 0 aliphatic heterocycles. The molecule has 30 heavy (non-hydrogen) atoms. The van der Waals surface area contributed by atoms with Gasteiger partial charge in [-0.05, 0) is 48.4 Å². The smallest absolute Gasteiger partial charge is 0.340 e. The van der Waals surface area contributed by atoms with Crippen LogP contribution in [0.1, 0.15) is 22.8 Å². The zero-order chi connectivity index (χ0) is 20.9. The maximum Gasteiger partial charge on any atom is 0.340 e. The Kier molecular flexibility index (Phi) is 5.45. The summed E-state index contributed by atoms with van der Waals surface area (Å²) in [5.41, 5.74) is 5.49. The van der Waals surface area contributed by atoms with Gasteiger partial charge >= 0.3 is 5.97 Å². The quantitative estimate of drug-likeness (QED) is 0.400. The van der Waals surface area contributed by atoms with Crippen molar-refractivity contribution in [3.8, 4) is 34.3 Å². The van der Waals surface area contributed by atoms with Crippen LogP contribution in [0.25, 0.3) is 28.2 Å². The molecule has 0 spiro atoms. The van der Waals surface area contributed by atoms with Gasteiger partial charge in [0, 0.05) is 5.69 Å². The van der Waals surface area contributed by atoms with Gasteiger partial charge in [0.1, 0.15) is 0 Å². The van der Waals surface area contributed by atoms with E-state index in [4.69, 9.17) is 10.00 Å². The lowest BCUT2D eigenvalue weighted by atomic mass is 10.1. The molecule has 0 amide bonds. The molecule has 1 heterocycles. The summed E-state index contributed by atoms with van der Waals surface area (Å²) in [6.07, 6.45) is 0. The van der Waals surface area contributed by atoms with E-state index in [-0.39, 0.29) is 5.97 Å². The van der Waals surface area contributed by atoms with Crippen molar-refractivity contribution in [2.75, 3.05) is 6.61 Å². The van der Waals surface area contributed by atoms with E-state index >= 15 is 0 Å². The van der Waals surface area contributed by atoms with Gasteiger partial charge in [-0.3, -0.25) is 0 Å². The molecule has 0 radical (unpaired) electrons. The number of carbonyl (C=O) groups is 1. The van der Waals surface area contributed by atoms with Gasteiger partial charge in [0.15, 0.2) is 0 Å². The zero-order valence-electron chi connectivity index (χ0n) is 16.6. The maximum atomic E-state index is 12.9. The van der Waals surface area contributed by atoms with Gasteiger partial charge in [-0.25, -0.2) is 4.79 Å². The van der Waals surface area contributed by atoms with Gasteiger partial charge in [-0.15, -0.1) is 0 Å². The standard InChI is InChI=1S/C26H20N2O2/c1-2-30-26(29)23-17-24(20-15-13-19(18-27)14-16-20)28(22-11-7-4-8-12-22)25(23)21-9-5-3-6-10-21/h3-17H,2H2,1H3. The van der Waals surface area contributed by atoms with E-state index in [1.54, 1.807) is 19.1 Å². The Morgan fingerprint density at radius 3 is 2.13 bits per heavy atom. The molecule has 4 heteroatoms. The number of carbonyl (C=O) groups excluding carboxylic acids is 1. The molecule has 0 aliphatic rings. The maximum absolute atomic E-state index is 12.9. The van der Waals surface area contributed by atoms with Crippen LogP contribution in [-0.2, 0) is 4.74 Å². The molecule has 0 N–H and O–H groups in total. The topological polar surface area (TPSA) is 55.0 Å². The molecule has 4 aromatic rings. The van der Waals surface area contributed by atoms with Crippen molar-refractivity contribution in [3.63, 3.8) is 0 Å². The minimum atomic E-state index is -0.360. The number of benzene rings is 3. The Balaban J connectivity index is 2.04. The molecular formula is C26H20N2O2. The van der Waals surface area contributed by atoms with E-state index in [0.29, 0.717) is 17.7 Å². The molecule has 0 bridgehead atoms. The van der Waals surface area contributed by atoms with Gasteiger partial charge in [-0.1, -0.05) is 60.7 Å². The molecule has 1 aromatic heterocycles. The van der Waals surface area contributed by atoms with Crippen LogP contribution >= 0.6 is 0 Å². The second kappa shape index (κ2) is 8.50. The first-order valence-electron chi connectivity index (χ1n) is 9.77. The number of hydrogen-bond donors (Lipinski definition) is 0. The predicted molar refractivity (Wildman–Crippen MR) is 117 cm³/mol. The van der Waals surface area contributed by atoms with Crippen molar-refractivity contribution in [1.29, 1.82) is 5.26 Å². The number of para-hydroxylation sites is 1. The van der Waals surface area contributed by atoms with Crippen LogP contribution in [0, 0.1) is 11.3 Å². The van der Waals surface area contributed by atoms with E-state index < -0.39 is 0 Å². The van der Waals surface area contributed by atoms with Crippen molar-refractivity contribution < 1.29 is 9.53 Å². The zero-order valence-corrected chi connectivity index (χ0v) is 16.6. The average Bonchev–Trinajstić information content (AvgIpc) is 3.21. The lowest BCUT2D eigenvalue weighted by Crippen LogP contribution is -2.07. The first-order chi connectivity index (χ1) is 14.7. The van der Waals surface area contributed by atoms with Crippen molar-refractivity contribution in [2.45, 2.75) is 6.92 Å². The minimum Gasteiger partial charge on any atom is -0.462 e. The number of esters is 1. The second-order valence-corrected chi connectivity index (χ2v) is 6.74. The van der Waals surface area contributed by atoms with Crippen LogP contribution in [0.15, 0.2) is 91.0 Å². The molecule has 4 rings (SSSR count). The fraction of sp³-hybridized carbons (Fsp3) is 0.0769. The largest absolute Gasteiger partial charge is 0.462 e. The lowest BCUT2D eigenvalue weighted by Gasteiger charge is -2.15. The van der Waals surface area contributed by atoms with E-state index in [2.05, 4.69) is 10.6 Å². The Hall–Kier alpha value is -4.10. The molecular weight excluding hydrogens is 372 g/mol. The first-order valence-corrected chi connectivity index (χ1v) is 9.77. The molecule has 0 atom stereocenters. The monoisotopic (exact) mass is 392 g/mol. The summed E-state index contributed by atoms with van der Waals surface area (Å²) < 4.78 is 7.44. The number of aromatic nitrogens is 1. The number of hydrogen-bond acceptors (Lipinski definition) is 3. The third-order valence-electron chi connectivity index (χ3n) is 4.87. The molecule has 0 saturated carbocycles. The summed E-state index contributed by atoms with van der Waals surface area (Å²) in [6, 6.07) is 31.1. The van der Waals surface area contributed by atoms with Crippen LogP contribution < -0.4 is 0 Å². The summed E-state index contributed by atoms with van der Waals surface area (Å²) in [4.78, 5) is 12.9. The summed E-state index contributed by atoms with van der Waals surface area (Å²) in [7, 11) is 0. The van der Waals surface area contributed by atoms with Gasteiger partial charge < -0.3 is 9.30 Å². The number of nitriles is 1. The van der Waals surface area contributed by atoms with Crippen molar-refractivity contribution >= 4 is 5.97 Å². The van der Waals surface area contributed by atoms with Gasteiger partial charge in [0.25, 0.3) is 0 Å². The normalized spacial score (nSPS) is 10.4. The number of ether oxygens (including phenoxy) is 1. The summed E-state index contributed by atoms with van der Waals surface area (Å²) in [5, 5.41) is 9.14. The Labute approximate surface area is 175 Å². The van der Waals surface area contributed by atoms with Crippen LogP contribution in [0.4, 0.5) is 0 Å². The predicted octanol–water partition coefficient (Wildman–Crippen LogP) is 5.86. The number of nitrogens with zero attached hydrogens (tertiary/aromatic N) is 2. The Bertz CT molecular complexity index is 1200. The molecule has 4 nitrogen and oxygen atoms in total. The van der Waals surface area contributed by atoms with E-state index in [1.165, 1.54) is 0 Å². The van der Waals surface area contributed by atoms with E-state index in [9.17, 15) is 4.79 Å². The summed E-state index contributed by atoms with van der Waals surface area (Å²) in [5.74, 6) is -0.360. The summed E-state index contributed by atoms with van der Waals surface area (Å²) in [6.45, 7) is 2.10. The van der Waals surface area contributed by atoms with Crippen LogP contribution in [-0.4, -0.2) is 17.1 Å². The Morgan fingerprint density at radius 1 is 0.900 bits per heavy atom. The average molecular weight is 392 g/mol. The highest BCUT2D eigenvalue weighted by atomic mass is 16.5. The van der Waals surface area contributed by atoms with Crippen molar-refractivity contribution in [2.24, 2.45) is 0 Å². The fourth-order valence-corrected chi connectivity index (χ4v) is 3.53. The van der Waals surface area contributed by atoms with E-state index in [1.807, 2.05) is 78.9 Å².